The van der Waals surface area contributed by atoms with E-state index in [0.717, 1.165) is 5.56 Å². The van der Waals surface area contributed by atoms with Crippen LogP contribution in [0, 0.1) is 6.92 Å². The summed E-state index contributed by atoms with van der Waals surface area (Å²) in [5.74, 6) is 0.273. The summed E-state index contributed by atoms with van der Waals surface area (Å²) in [5, 5.41) is 21.4. The summed E-state index contributed by atoms with van der Waals surface area (Å²) in [4.78, 5) is 4.69. The molecule has 0 spiro atoms. The van der Waals surface area contributed by atoms with Crippen LogP contribution in [0.3, 0.4) is 0 Å². The van der Waals surface area contributed by atoms with Gasteiger partial charge in [0, 0.05) is 11.4 Å². The van der Waals surface area contributed by atoms with Gasteiger partial charge in [0.25, 0.3) is 5.89 Å². The Morgan fingerprint density at radius 1 is 1.18 bits per heavy atom. The lowest BCUT2D eigenvalue weighted by molar-refractivity contribution is -0.153. The lowest BCUT2D eigenvalue weighted by Crippen LogP contribution is -2.52. The van der Waals surface area contributed by atoms with Crippen molar-refractivity contribution in [2.24, 2.45) is 0 Å². The number of alkyl halides is 4. The molecule has 1 fully saturated rings. The number of fused-ring (bicyclic) bond motifs is 1. The number of anilines is 1. The van der Waals surface area contributed by atoms with Crippen LogP contribution in [0.5, 0.6) is 5.75 Å². The number of benzene rings is 1. The second kappa shape index (κ2) is 8.37. The Bertz CT molecular complexity index is 1200. The highest BCUT2D eigenvalue weighted by molar-refractivity contribution is 5.89. The van der Waals surface area contributed by atoms with Crippen molar-refractivity contribution in [1.82, 2.24) is 15.2 Å². The normalized spacial score (nSPS) is 20.9. The van der Waals surface area contributed by atoms with E-state index < -0.39 is 30.5 Å². The van der Waals surface area contributed by atoms with Crippen LogP contribution in [0.25, 0.3) is 22.5 Å². The van der Waals surface area contributed by atoms with Crippen molar-refractivity contribution in [1.29, 1.82) is 0 Å². The predicted octanol–water partition coefficient (Wildman–Crippen LogP) is 5.11. The van der Waals surface area contributed by atoms with E-state index >= 15 is 0 Å². The highest BCUT2D eigenvalue weighted by atomic mass is 19.4. The van der Waals surface area contributed by atoms with Gasteiger partial charge in [-0.15, -0.1) is 5.10 Å². The molecule has 0 saturated heterocycles. The molecule has 0 atom stereocenters. The molecule has 184 valence electrons. The number of aliphatic hydroxyl groups is 1. The molecule has 0 radical (unpaired) electrons. The van der Waals surface area contributed by atoms with Gasteiger partial charge in [0.1, 0.15) is 18.1 Å². The molecule has 2 N–H and O–H groups in total. The van der Waals surface area contributed by atoms with Gasteiger partial charge >= 0.3 is 12.2 Å². The Balaban J connectivity index is 1.66. The number of halogens is 4. The first-order chi connectivity index (χ1) is 15.8. The van der Waals surface area contributed by atoms with Gasteiger partial charge in [-0.3, -0.25) is 0 Å². The third-order valence-electron chi connectivity index (χ3n) is 5.78. The Morgan fingerprint density at radius 3 is 2.50 bits per heavy atom. The number of nitrogens with one attached hydrogen (secondary N) is 1. The molecule has 2 aromatic heterocycles. The number of hydrogen-bond donors (Lipinski definition) is 2. The van der Waals surface area contributed by atoms with E-state index in [0.29, 0.717) is 22.2 Å². The van der Waals surface area contributed by atoms with Crippen LogP contribution in [-0.2, 0) is 5.41 Å². The Hall–Kier alpha value is -2.95. The largest absolute Gasteiger partial charge is 0.484 e. The van der Waals surface area contributed by atoms with Crippen LogP contribution in [0.1, 0.15) is 44.7 Å². The standard InChI is InChI=1S/C23H26F4N4O3/c1-12-5-17(19-30-31-20(34-19)28-13-8-22(32,9-13)10-24)29-18-15(12)6-14(33-11-23(25,26)27)7-16(18)21(2,3)4/h5-7,13,32H,8-11H2,1-4H3,(H,28,31). The fraction of sp³-hybridized carbons (Fsp3) is 0.522. The van der Waals surface area contributed by atoms with E-state index in [1.165, 1.54) is 0 Å². The third kappa shape index (κ3) is 5.08. The summed E-state index contributed by atoms with van der Waals surface area (Å²) in [6.07, 6.45) is -3.97. The molecule has 7 nitrogen and oxygen atoms in total. The van der Waals surface area contributed by atoms with Gasteiger partial charge in [-0.1, -0.05) is 25.9 Å². The van der Waals surface area contributed by atoms with Gasteiger partial charge in [-0.05, 0) is 54.5 Å². The quantitative estimate of drug-likeness (QED) is 0.472. The van der Waals surface area contributed by atoms with Crippen molar-refractivity contribution in [3.63, 3.8) is 0 Å². The molecule has 0 amide bonds. The maximum absolute atomic E-state index is 12.8. The Labute approximate surface area is 193 Å². The molecule has 3 aromatic rings. The summed E-state index contributed by atoms with van der Waals surface area (Å²) < 4.78 is 61.5. The zero-order chi connectivity index (χ0) is 24.9. The minimum atomic E-state index is -4.44. The zero-order valence-corrected chi connectivity index (χ0v) is 19.3. The summed E-state index contributed by atoms with van der Waals surface area (Å²) in [6, 6.07) is 4.79. The van der Waals surface area contributed by atoms with Crippen LogP contribution >= 0.6 is 0 Å². The van der Waals surface area contributed by atoms with Crippen LogP contribution < -0.4 is 10.1 Å². The smallest absolute Gasteiger partial charge is 0.422 e. The SMILES string of the molecule is Cc1cc(-c2nnc(NC3CC(O)(CF)C3)o2)nc2c(C(C)(C)C)cc(OCC(F)(F)F)cc12. The monoisotopic (exact) mass is 482 g/mol. The number of ether oxygens (including phenoxy) is 1. The molecule has 0 bridgehead atoms. The third-order valence-corrected chi connectivity index (χ3v) is 5.78. The van der Waals surface area contributed by atoms with E-state index in [2.05, 4.69) is 15.5 Å². The number of nitrogens with zero attached hydrogens (tertiary/aromatic N) is 3. The number of pyridine rings is 1. The van der Waals surface area contributed by atoms with Gasteiger partial charge in [0.2, 0.25) is 0 Å². The van der Waals surface area contributed by atoms with Gasteiger partial charge in [0.05, 0.1) is 11.1 Å². The molecule has 34 heavy (non-hydrogen) atoms. The highest BCUT2D eigenvalue weighted by Gasteiger charge is 2.43. The second-order valence-corrected chi connectivity index (χ2v) is 9.87. The van der Waals surface area contributed by atoms with E-state index in [1.807, 2.05) is 27.7 Å². The zero-order valence-electron chi connectivity index (χ0n) is 19.3. The molecule has 1 aliphatic carbocycles. The molecular weight excluding hydrogens is 456 g/mol. The van der Waals surface area contributed by atoms with Crippen LogP contribution in [0.15, 0.2) is 22.6 Å². The van der Waals surface area contributed by atoms with Crippen molar-refractivity contribution < 1.29 is 31.8 Å². The Kier molecular flexibility index (Phi) is 5.95. The van der Waals surface area contributed by atoms with Crippen molar-refractivity contribution in [2.75, 3.05) is 18.6 Å². The first-order valence-electron chi connectivity index (χ1n) is 10.8. The van der Waals surface area contributed by atoms with Gasteiger partial charge < -0.3 is 19.6 Å². The van der Waals surface area contributed by atoms with Crippen LogP contribution in [0.4, 0.5) is 23.6 Å². The molecule has 1 aliphatic rings. The lowest BCUT2D eigenvalue weighted by Gasteiger charge is -2.41. The summed E-state index contributed by atoms with van der Waals surface area (Å²) in [6.45, 7) is 5.43. The van der Waals surface area contributed by atoms with Crippen molar-refractivity contribution in [3.05, 3.63) is 29.3 Å². The minimum Gasteiger partial charge on any atom is -0.484 e. The molecule has 11 heteroatoms. The van der Waals surface area contributed by atoms with E-state index in [4.69, 9.17) is 14.1 Å². The van der Waals surface area contributed by atoms with Crippen molar-refractivity contribution in [3.8, 4) is 17.3 Å². The first-order valence-corrected chi connectivity index (χ1v) is 10.8. The average Bonchev–Trinajstić information content (AvgIpc) is 3.18. The lowest BCUT2D eigenvalue weighted by atomic mass is 9.77. The Morgan fingerprint density at radius 2 is 1.88 bits per heavy atom. The van der Waals surface area contributed by atoms with Gasteiger partial charge in [0.15, 0.2) is 6.61 Å². The molecule has 0 aliphatic heterocycles. The van der Waals surface area contributed by atoms with Crippen molar-refractivity contribution >= 4 is 16.9 Å². The summed E-state index contributed by atoms with van der Waals surface area (Å²) in [5.41, 5.74) is 0.735. The van der Waals surface area contributed by atoms with Gasteiger partial charge in [-0.2, -0.15) is 13.2 Å². The molecule has 1 saturated carbocycles. The summed E-state index contributed by atoms with van der Waals surface area (Å²) in [7, 11) is 0. The average molecular weight is 482 g/mol. The number of rotatable bonds is 6. The first kappa shape index (κ1) is 24.2. The molecule has 2 heterocycles. The molecular formula is C23H26F4N4O3. The fourth-order valence-electron chi connectivity index (χ4n) is 4.02. The number of aromatic nitrogens is 3. The topological polar surface area (TPSA) is 93.3 Å². The number of hydrogen-bond acceptors (Lipinski definition) is 7. The fourth-order valence-corrected chi connectivity index (χ4v) is 4.02. The predicted molar refractivity (Wildman–Crippen MR) is 118 cm³/mol. The van der Waals surface area contributed by atoms with Crippen molar-refractivity contribution in [2.45, 2.75) is 63.8 Å². The molecule has 0 unspecified atom stereocenters. The number of aryl methyl sites for hydroxylation is 1. The second-order valence-electron chi connectivity index (χ2n) is 9.87. The maximum Gasteiger partial charge on any atom is 0.422 e. The highest BCUT2D eigenvalue weighted by Crippen LogP contribution is 2.37. The van der Waals surface area contributed by atoms with E-state index in [9.17, 15) is 22.7 Å². The van der Waals surface area contributed by atoms with Crippen LogP contribution in [0.2, 0.25) is 0 Å². The maximum atomic E-state index is 12.8. The molecule has 1 aromatic carbocycles. The van der Waals surface area contributed by atoms with Gasteiger partial charge in [-0.25, -0.2) is 9.37 Å². The van der Waals surface area contributed by atoms with Crippen LogP contribution in [-0.4, -0.2) is 51.4 Å². The molecule has 4 rings (SSSR count). The summed E-state index contributed by atoms with van der Waals surface area (Å²) >= 11 is 0. The minimum absolute atomic E-state index is 0.116. The van der Waals surface area contributed by atoms with E-state index in [1.54, 1.807) is 18.2 Å². The van der Waals surface area contributed by atoms with E-state index in [-0.39, 0.29) is 36.5 Å².